The van der Waals surface area contributed by atoms with E-state index in [1.165, 1.54) is 6.42 Å². The summed E-state index contributed by atoms with van der Waals surface area (Å²) in [7, 11) is 0. The second-order valence-electron chi connectivity index (χ2n) is 6.84. The summed E-state index contributed by atoms with van der Waals surface area (Å²) in [5.74, 6) is 0.908. The fourth-order valence-corrected chi connectivity index (χ4v) is 6.94. The molecule has 3 aliphatic carbocycles. The van der Waals surface area contributed by atoms with E-state index in [1.807, 2.05) is 0 Å². The molecule has 0 unspecified atom stereocenters. The lowest BCUT2D eigenvalue weighted by atomic mass is 9.81. The third-order valence-corrected chi connectivity index (χ3v) is 9.17. The van der Waals surface area contributed by atoms with Gasteiger partial charge in [-0.15, -0.1) is 0 Å². The smallest absolute Gasteiger partial charge is 0.233 e. The van der Waals surface area contributed by atoms with Gasteiger partial charge in [0.05, 0.1) is 11.8 Å². The Morgan fingerprint density at radius 1 is 0.850 bits per heavy atom. The summed E-state index contributed by atoms with van der Waals surface area (Å²) in [6.45, 7) is 0. The van der Waals surface area contributed by atoms with E-state index in [-0.39, 0.29) is 29.7 Å². The first kappa shape index (κ1) is 13.7. The second kappa shape index (κ2) is 4.80. The number of imide groups is 1. The molecule has 1 saturated heterocycles. The number of nitrogens with zero attached hydrogens (tertiary/aromatic N) is 1. The van der Waals surface area contributed by atoms with Crippen molar-refractivity contribution >= 4 is 43.7 Å². The second-order valence-corrected chi connectivity index (χ2v) is 8.96. The predicted molar refractivity (Wildman–Crippen MR) is 82.7 cm³/mol. The normalized spacial score (nSPS) is 48.2. The van der Waals surface area contributed by atoms with Crippen molar-refractivity contribution in [3.8, 4) is 0 Å². The van der Waals surface area contributed by atoms with Crippen LogP contribution in [0.15, 0.2) is 0 Å². The van der Waals surface area contributed by atoms with Gasteiger partial charge in [0.15, 0.2) is 0 Å². The minimum Gasteiger partial charge on any atom is -0.279 e. The van der Waals surface area contributed by atoms with Gasteiger partial charge in [0.1, 0.15) is 0 Å². The summed E-state index contributed by atoms with van der Waals surface area (Å²) < 4.78 is 0. The monoisotopic (exact) mass is 403 g/mol. The van der Waals surface area contributed by atoms with Crippen molar-refractivity contribution in [3.05, 3.63) is 0 Å². The number of carbonyl (C=O) groups excluding carboxylic acids is 2. The number of carbonyl (C=O) groups is 2. The highest BCUT2D eigenvalue weighted by atomic mass is 79.9. The molecule has 0 aromatic carbocycles. The molecule has 1 heterocycles. The summed E-state index contributed by atoms with van der Waals surface area (Å²) in [5, 5.41) is 0. The van der Waals surface area contributed by atoms with E-state index in [9.17, 15) is 9.59 Å². The first-order valence-electron chi connectivity index (χ1n) is 7.76. The lowest BCUT2D eigenvalue weighted by Crippen LogP contribution is -2.42. The zero-order valence-corrected chi connectivity index (χ0v) is 14.5. The maximum atomic E-state index is 12.8. The lowest BCUT2D eigenvalue weighted by Gasteiger charge is -2.30. The van der Waals surface area contributed by atoms with Crippen LogP contribution in [0, 0.1) is 23.7 Å². The minimum atomic E-state index is -0.0346. The maximum Gasteiger partial charge on any atom is 0.233 e. The molecule has 0 aromatic heterocycles. The number of fused-ring (bicyclic) bond motifs is 5. The lowest BCUT2D eigenvalue weighted by molar-refractivity contribution is -0.144. The molecule has 110 valence electrons. The van der Waals surface area contributed by atoms with E-state index < -0.39 is 0 Å². The van der Waals surface area contributed by atoms with Gasteiger partial charge in [-0.1, -0.05) is 51.1 Å². The first-order chi connectivity index (χ1) is 9.61. The summed E-state index contributed by atoms with van der Waals surface area (Å²) in [4.78, 5) is 28.0. The Kier molecular flexibility index (Phi) is 3.30. The van der Waals surface area contributed by atoms with E-state index >= 15 is 0 Å². The van der Waals surface area contributed by atoms with Crippen molar-refractivity contribution in [2.45, 2.75) is 54.2 Å². The fraction of sp³-hybridized carbons (Fsp3) is 0.867. The molecule has 20 heavy (non-hydrogen) atoms. The standard InChI is InChI=1S/C15H19Br2NO2/c16-12-8-6-9(13(12)17)11-10(8)14(19)18(15(11)20)7-4-2-1-3-5-7/h7-13H,1-6H2/t8-,9-,10-,11-,12-,13+/m0/s1. The van der Waals surface area contributed by atoms with E-state index in [1.54, 1.807) is 4.90 Å². The molecule has 3 saturated carbocycles. The van der Waals surface area contributed by atoms with Gasteiger partial charge in [-0.25, -0.2) is 0 Å². The molecule has 2 bridgehead atoms. The molecule has 4 fully saturated rings. The van der Waals surface area contributed by atoms with Crippen LogP contribution in [0.25, 0.3) is 0 Å². The van der Waals surface area contributed by atoms with E-state index in [4.69, 9.17) is 0 Å². The highest BCUT2D eigenvalue weighted by Crippen LogP contribution is 2.60. The van der Waals surface area contributed by atoms with Gasteiger partial charge >= 0.3 is 0 Å². The fourth-order valence-electron chi connectivity index (χ4n) is 5.07. The zero-order valence-electron chi connectivity index (χ0n) is 11.3. The highest BCUT2D eigenvalue weighted by Gasteiger charge is 2.66. The number of likely N-dealkylation sites (tertiary alicyclic amines) is 1. The Hall–Kier alpha value is 0.1000. The molecule has 6 atom stereocenters. The molecule has 0 spiro atoms. The minimum absolute atomic E-state index is 0.0346. The Morgan fingerprint density at radius 2 is 1.35 bits per heavy atom. The molecule has 0 N–H and O–H groups in total. The van der Waals surface area contributed by atoms with Gasteiger partial charge in [-0.3, -0.25) is 14.5 Å². The van der Waals surface area contributed by atoms with Crippen molar-refractivity contribution in [1.82, 2.24) is 4.90 Å². The van der Waals surface area contributed by atoms with Gasteiger partial charge in [0.25, 0.3) is 0 Å². The van der Waals surface area contributed by atoms with Crippen LogP contribution in [0.5, 0.6) is 0 Å². The van der Waals surface area contributed by atoms with Crippen LogP contribution in [0.3, 0.4) is 0 Å². The Labute approximate surface area is 136 Å². The summed E-state index contributed by atoms with van der Waals surface area (Å²) in [6.07, 6.45) is 6.62. The molecular formula is C15H19Br2NO2. The molecule has 4 rings (SSSR count). The third kappa shape index (κ3) is 1.68. The van der Waals surface area contributed by atoms with Crippen molar-refractivity contribution in [1.29, 1.82) is 0 Å². The number of alkyl halides is 2. The number of amides is 2. The molecular weight excluding hydrogens is 386 g/mol. The molecule has 5 heteroatoms. The van der Waals surface area contributed by atoms with Crippen LogP contribution in [-0.2, 0) is 9.59 Å². The molecule has 4 aliphatic rings. The largest absolute Gasteiger partial charge is 0.279 e. The van der Waals surface area contributed by atoms with E-state index in [0.717, 1.165) is 32.1 Å². The van der Waals surface area contributed by atoms with Gasteiger partial charge in [-0.2, -0.15) is 0 Å². The van der Waals surface area contributed by atoms with Gasteiger partial charge in [-0.05, 0) is 31.1 Å². The average molecular weight is 405 g/mol. The van der Waals surface area contributed by atoms with Crippen molar-refractivity contribution in [2.24, 2.45) is 23.7 Å². The molecule has 0 aromatic rings. The Morgan fingerprint density at radius 3 is 1.85 bits per heavy atom. The number of hydrogen-bond acceptors (Lipinski definition) is 2. The Bertz CT molecular complexity index is 431. The molecule has 3 nitrogen and oxygen atoms in total. The number of hydrogen-bond donors (Lipinski definition) is 0. The van der Waals surface area contributed by atoms with Crippen molar-refractivity contribution < 1.29 is 9.59 Å². The van der Waals surface area contributed by atoms with Crippen LogP contribution in [0.2, 0.25) is 0 Å². The molecule has 0 radical (unpaired) electrons. The van der Waals surface area contributed by atoms with Gasteiger partial charge < -0.3 is 0 Å². The van der Waals surface area contributed by atoms with Crippen molar-refractivity contribution in [3.63, 3.8) is 0 Å². The predicted octanol–water partition coefficient (Wildman–Crippen LogP) is 3.10. The maximum absolute atomic E-state index is 12.8. The Balaban J connectivity index is 1.63. The number of rotatable bonds is 1. The summed E-state index contributed by atoms with van der Waals surface area (Å²) in [5.41, 5.74) is 0. The first-order valence-corrected chi connectivity index (χ1v) is 9.59. The van der Waals surface area contributed by atoms with Crippen LogP contribution in [0.1, 0.15) is 38.5 Å². The highest BCUT2D eigenvalue weighted by molar-refractivity contribution is 9.12. The van der Waals surface area contributed by atoms with Crippen LogP contribution < -0.4 is 0 Å². The average Bonchev–Trinajstić information content (AvgIpc) is 3.05. The van der Waals surface area contributed by atoms with Crippen LogP contribution in [-0.4, -0.2) is 32.4 Å². The van der Waals surface area contributed by atoms with Crippen LogP contribution >= 0.6 is 31.9 Å². The SMILES string of the molecule is O=C1[C@H]2[C@@H]3C[C@H]([C@@H](Br)[C@H]3Br)[C@@H]2C(=O)N1C1CCCCC1. The third-order valence-electron chi connectivity index (χ3n) is 5.96. The number of halogens is 2. The summed E-state index contributed by atoms with van der Waals surface area (Å²) >= 11 is 7.46. The zero-order chi connectivity index (χ0) is 14.0. The van der Waals surface area contributed by atoms with Crippen LogP contribution in [0.4, 0.5) is 0 Å². The van der Waals surface area contributed by atoms with Gasteiger partial charge in [0, 0.05) is 15.7 Å². The molecule has 2 amide bonds. The van der Waals surface area contributed by atoms with Gasteiger partial charge in [0.2, 0.25) is 11.8 Å². The van der Waals surface area contributed by atoms with Crippen molar-refractivity contribution in [2.75, 3.05) is 0 Å². The summed E-state index contributed by atoms with van der Waals surface area (Å²) in [6, 6.07) is 0.191. The quantitative estimate of drug-likeness (QED) is 0.497. The molecule has 1 aliphatic heterocycles. The van der Waals surface area contributed by atoms with E-state index in [0.29, 0.717) is 21.5 Å². The topological polar surface area (TPSA) is 37.4 Å². The van der Waals surface area contributed by atoms with E-state index in [2.05, 4.69) is 31.9 Å².